The lowest BCUT2D eigenvalue weighted by atomic mass is 9.87. The number of fused-ring (bicyclic) bond motifs is 1. The molecule has 1 aromatic heterocycles. The van der Waals surface area contributed by atoms with E-state index in [9.17, 15) is 0 Å². The molecule has 1 aliphatic rings. The maximum absolute atomic E-state index is 4.52. The van der Waals surface area contributed by atoms with Crippen molar-refractivity contribution < 1.29 is 0 Å². The zero-order valence-electron chi connectivity index (χ0n) is 8.51. The van der Waals surface area contributed by atoms with E-state index in [0.717, 1.165) is 12.3 Å². The lowest BCUT2D eigenvalue weighted by Crippen LogP contribution is -2.13. The van der Waals surface area contributed by atoms with Crippen molar-refractivity contribution >= 4 is 0 Å². The normalized spacial score (nSPS) is 21.2. The Hall–Kier alpha value is -0.850. The summed E-state index contributed by atoms with van der Waals surface area (Å²) in [5.41, 5.74) is 4.22. The van der Waals surface area contributed by atoms with Gasteiger partial charge in [-0.15, -0.1) is 0 Å². The van der Waals surface area contributed by atoms with Gasteiger partial charge in [0, 0.05) is 11.9 Å². The molecule has 1 unspecified atom stereocenters. The van der Waals surface area contributed by atoms with Crippen molar-refractivity contribution in [2.24, 2.45) is 5.92 Å². The number of hydrogen-bond donors (Lipinski definition) is 0. The molecule has 0 aliphatic heterocycles. The van der Waals surface area contributed by atoms with Crippen molar-refractivity contribution in [2.75, 3.05) is 0 Å². The standard InChI is InChI=1S/C12H17N/c1-3-10-7-11-6-9(2)4-5-12(11)13-8-10/h7-9H,3-6H2,1-2H3. The first kappa shape index (κ1) is 8.74. The Balaban J connectivity index is 2.32. The molecule has 1 aliphatic carbocycles. The molecule has 1 nitrogen and oxygen atoms in total. The van der Waals surface area contributed by atoms with E-state index in [1.807, 2.05) is 6.20 Å². The molecule has 0 fully saturated rings. The van der Waals surface area contributed by atoms with Gasteiger partial charge in [-0.1, -0.05) is 19.9 Å². The van der Waals surface area contributed by atoms with Crippen LogP contribution in [0.25, 0.3) is 0 Å². The molecule has 0 spiro atoms. The van der Waals surface area contributed by atoms with E-state index in [1.54, 1.807) is 0 Å². The number of pyridine rings is 1. The van der Waals surface area contributed by atoms with Gasteiger partial charge in [0.1, 0.15) is 0 Å². The summed E-state index contributed by atoms with van der Waals surface area (Å²) in [4.78, 5) is 4.52. The van der Waals surface area contributed by atoms with E-state index in [2.05, 4.69) is 24.9 Å². The second-order valence-electron chi connectivity index (χ2n) is 4.15. The number of rotatable bonds is 1. The van der Waals surface area contributed by atoms with Crippen LogP contribution in [0.5, 0.6) is 0 Å². The van der Waals surface area contributed by atoms with Gasteiger partial charge in [0.25, 0.3) is 0 Å². The second kappa shape index (κ2) is 3.49. The van der Waals surface area contributed by atoms with Crippen LogP contribution in [0.2, 0.25) is 0 Å². The highest BCUT2D eigenvalue weighted by Crippen LogP contribution is 2.24. The highest BCUT2D eigenvalue weighted by Gasteiger charge is 2.15. The van der Waals surface area contributed by atoms with Crippen molar-refractivity contribution in [1.29, 1.82) is 0 Å². The lowest BCUT2D eigenvalue weighted by molar-refractivity contribution is 0.493. The number of hydrogen-bond acceptors (Lipinski definition) is 1. The Bertz CT molecular complexity index is 304. The summed E-state index contributed by atoms with van der Waals surface area (Å²) in [6.45, 7) is 4.53. The molecule has 1 heteroatoms. The molecule has 0 amide bonds. The van der Waals surface area contributed by atoms with E-state index in [1.165, 1.54) is 36.1 Å². The highest BCUT2D eigenvalue weighted by molar-refractivity contribution is 5.27. The first-order valence-corrected chi connectivity index (χ1v) is 5.26. The van der Waals surface area contributed by atoms with Gasteiger partial charge in [0.2, 0.25) is 0 Å². The number of aromatic nitrogens is 1. The van der Waals surface area contributed by atoms with Crippen LogP contribution in [0.4, 0.5) is 0 Å². The number of nitrogens with zero attached hydrogens (tertiary/aromatic N) is 1. The fourth-order valence-corrected chi connectivity index (χ4v) is 2.04. The zero-order chi connectivity index (χ0) is 9.26. The van der Waals surface area contributed by atoms with Gasteiger partial charge in [-0.25, -0.2) is 0 Å². The van der Waals surface area contributed by atoms with E-state index >= 15 is 0 Å². The Morgan fingerprint density at radius 1 is 1.54 bits per heavy atom. The molecule has 70 valence electrons. The van der Waals surface area contributed by atoms with Crippen LogP contribution < -0.4 is 0 Å². The highest BCUT2D eigenvalue weighted by atomic mass is 14.7. The molecule has 1 aromatic rings. The summed E-state index contributed by atoms with van der Waals surface area (Å²) < 4.78 is 0. The molecule has 0 aromatic carbocycles. The number of aryl methyl sites for hydroxylation is 2. The predicted octanol–water partition coefficient (Wildman–Crippen LogP) is 2.77. The summed E-state index contributed by atoms with van der Waals surface area (Å²) in [6, 6.07) is 2.35. The van der Waals surface area contributed by atoms with E-state index in [0.29, 0.717) is 0 Å². The summed E-state index contributed by atoms with van der Waals surface area (Å²) in [7, 11) is 0. The monoisotopic (exact) mass is 175 g/mol. The Labute approximate surface area is 80.2 Å². The largest absolute Gasteiger partial charge is 0.261 e. The minimum atomic E-state index is 0.849. The summed E-state index contributed by atoms with van der Waals surface area (Å²) in [6.07, 6.45) is 6.87. The van der Waals surface area contributed by atoms with Crippen LogP contribution >= 0.6 is 0 Å². The van der Waals surface area contributed by atoms with Crippen LogP contribution in [-0.2, 0) is 19.3 Å². The third kappa shape index (κ3) is 1.74. The van der Waals surface area contributed by atoms with Gasteiger partial charge in [0.05, 0.1) is 0 Å². The molecule has 0 saturated carbocycles. The summed E-state index contributed by atoms with van der Waals surface area (Å²) >= 11 is 0. The first-order valence-electron chi connectivity index (χ1n) is 5.26. The molecule has 13 heavy (non-hydrogen) atoms. The van der Waals surface area contributed by atoms with Crippen molar-refractivity contribution in [2.45, 2.75) is 39.5 Å². The van der Waals surface area contributed by atoms with Crippen LogP contribution in [0.15, 0.2) is 12.3 Å². The minimum Gasteiger partial charge on any atom is -0.261 e. The fraction of sp³-hybridized carbons (Fsp3) is 0.583. The Morgan fingerprint density at radius 3 is 3.15 bits per heavy atom. The SMILES string of the molecule is CCc1cnc2c(c1)CC(C)CC2. The van der Waals surface area contributed by atoms with Gasteiger partial charge >= 0.3 is 0 Å². The van der Waals surface area contributed by atoms with Gasteiger partial charge in [-0.2, -0.15) is 0 Å². The maximum atomic E-state index is 4.52. The van der Waals surface area contributed by atoms with E-state index in [-0.39, 0.29) is 0 Å². The quantitative estimate of drug-likeness (QED) is 0.639. The van der Waals surface area contributed by atoms with Gasteiger partial charge in [-0.05, 0) is 42.7 Å². The summed E-state index contributed by atoms with van der Waals surface area (Å²) in [5, 5.41) is 0. The third-order valence-electron chi connectivity index (χ3n) is 2.97. The molecular formula is C12H17N. The molecule has 0 radical (unpaired) electrons. The van der Waals surface area contributed by atoms with Crippen molar-refractivity contribution in [3.8, 4) is 0 Å². The van der Waals surface area contributed by atoms with E-state index in [4.69, 9.17) is 0 Å². The summed E-state index contributed by atoms with van der Waals surface area (Å²) in [5.74, 6) is 0.849. The van der Waals surface area contributed by atoms with Crippen molar-refractivity contribution in [1.82, 2.24) is 4.98 Å². The molecular weight excluding hydrogens is 158 g/mol. The predicted molar refractivity (Wildman–Crippen MR) is 54.8 cm³/mol. The Morgan fingerprint density at radius 2 is 2.38 bits per heavy atom. The van der Waals surface area contributed by atoms with Gasteiger partial charge in [-0.3, -0.25) is 4.98 Å². The molecule has 2 rings (SSSR count). The van der Waals surface area contributed by atoms with E-state index < -0.39 is 0 Å². The molecule has 0 bridgehead atoms. The smallest absolute Gasteiger partial charge is 0.0435 e. The third-order valence-corrected chi connectivity index (χ3v) is 2.97. The van der Waals surface area contributed by atoms with Crippen LogP contribution in [0.3, 0.4) is 0 Å². The van der Waals surface area contributed by atoms with Crippen molar-refractivity contribution in [3.05, 3.63) is 29.1 Å². The first-order chi connectivity index (χ1) is 6.29. The average molecular weight is 175 g/mol. The van der Waals surface area contributed by atoms with Crippen LogP contribution in [0, 0.1) is 5.92 Å². The zero-order valence-corrected chi connectivity index (χ0v) is 8.51. The molecule has 0 N–H and O–H groups in total. The average Bonchev–Trinajstić information content (AvgIpc) is 2.16. The maximum Gasteiger partial charge on any atom is 0.0435 e. The van der Waals surface area contributed by atoms with Crippen LogP contribution in [0.1, 0.15) is 37.1 Å². The van der Waals surface area contributed by atoms with Gasteiger partial charge < -0.3 is 0 Å². The topological polar surface area (TPSA) is 12.9 Å². The van der Waals surface area contributed by atoms with Crippen molar-refractivity contribution in [3.63, 3.8) is 0 Å². The van der Waals surface area contributed by atoms with Crippen LogP contribution in [-0.4, -0.2) is 4.98 Å². The van der Waals surface area contributed by atoms with Gasteiger partial charge in [0.15, 0.2) is 0 Å². The fourth-order valence-electron chi connectivity index (χ4n) is 2.04. The molecule has 1 heterocycles. The Kier molecular flexibility index (Phi) is 2.34. The minimum absolute atomic E-state index is 0.849. The molecule has 1 atom stereocenters. The lowest BCUT2D eigenvalue weighted by Gasteiger charge is -2.20. The second-order valence-corrected chi connectivity index (χ2v) is 4.15. The molecule has 0 saturated heterocycles.